The number of amides is 1. The summed E-state index contributed by atoms with van der Waals surface area (Å²) in [5.41, 5.74) is 3.90. The number of nitrogens with zero attached hydrogens (tertiary/aromatic N) is 4. The first-order valence-electron chi connectivity index (χ1n) is 7.99. The minimum atomic E-state index is -0.0861. The van der Waals surface area contributed by atoms with Gasteiger partial charge < -0.3 is 5.32 Å². The van der Waals surface area contributed by atoms with Crippen molar-refractivity contribution in [2.75, 3.05) is 5.32 Å². The van der Waals surface area contributed by atoms with Crippen LogP contribution in [0.15, 0.2) is 36.5 Å². The molecule has 1 amide bonds. The van der Waals surface area contributed by atoms with Crippen LogP contribution < -0.4 is 5.32 Å². The molecule has 0 radical (unpaired) electrons. The first-order valence-corrected chi connectivity index (χ1v) is 8.37. The smallest absolute Gasteiger partial charge is 0.230 e. The molecular weight excluding hydrogens is 338 g/mol. The van der Waals surface area contributed by atoms with Gasteiger partial charge in [-0.3, -0.25) is 9.48 Å². The Morgan fingerprint density at radius 2 is 1.92 bits per heavy atom. The number of nitrogens with one attached hydrogen (secondary N) is 1. The predicted octanol–water partition coefficient (Wildman–Crippen LogP) is 3.12. The van der Waals surface area contributed by atoms with Crippen LogP contribution in [0, 0.1) is 13.8 Å². The number of hydrogen-bond donors (Lipinski definition) is 1. The van der Waals surface area contributed by atoms with Crippen LogP contribution in [0.2, 0.25) is 5.02 Å². The fourth-order valence-corrected chi connectivity index (χ4v) is 2.87. The Labute approximate surface area is 151 Å². The van der Waals surface area contributed by atoms with Gasteiger partial charge in [-0.05, 0) is 31.5 Å². The lowest BCUT2D eigenvalue weighted by molar-refractivity contribution is -0.115. The van der Waals surface area contributed by atoms with Gasteiger partial charge in [0.25, 0.3) is 0 Å². The molecule has 3 aromatic rings. The van der Waals surface area contributed by atoms with Crippen LogP contribution in [0.5, 0.6) is 0 Å². The molecule has 1 N–H and O–H groups in total. The van der Waals surface area contributed by atoms with Gasteiger partial charge in [0, 0.05) is 29.4 Å². The summed E-state index contributed by atoms with van der Waals surface area (Å²) in [4.78, 5) is 12.4. The van der Waals surface area contributed by atoms with Crippen molar-refractivity contribution in [3.05, 3.63) is 64.1 Å². The number of aryl methyl sites for hydroxylation is 2. The van der Waals surface area contributed by atoms with E-state index in [1.165, 1.54) is 0 Å². The van der Waals surface area contributed by atoms with Crippen LogP contribution in [0.4, 0.5) is 5.82 Å². The Kier molecular flexibility index (Phi) is 4.90. The Morgan fingerprint density at radius 3 is 2.56 bits per heavy atom. The Balaban J connectivity index is 1.70. The maximum Gasteiger partial charge on any atom is 0.230 e. The highest BCUT2D eigenvalue weighted by atomic mass is 35.5. The van der Waals surface area contributed by atoms with E-state index in [4.69, 9.17) is 11.6 Å². The molecule has 0 bridgehead atoms. The van der Waals surface area contributed by atoms with Crippen molar-refractivity contribution < 1.29 is 4.79 Å². The number of anilines is 1. The van der Waals surface area contributed by atoms with Crippen molar-refractivity contribution in [2.45, 2.75) is 26.8 Å². The maximum absolute atomic E-state index is 12.4. The largest absolute Gasteiger partial charge is 0.311 e. The molecule has 0 spiro atoms. The number of hydrogen-bond acceptors (Lipinski definition) is 3. The number of rotatable bonds is 5. The number of halogens is 1. The molecule has 6 nitrogen and oxygen atoms in total. The summed E-state index contributed by atoms with van der Waals surface area (Å²) in [6.07, 6.45) is 1.96. The molecule has 7 heteroatoms. The minimum absolute atomic E-state index is 0.0861. The zero-order chi connectivity index (χ0) is 18.0. The van der Waals surface area contributed by atoms with E-state index in [0.29, 0.717) is 17.4 Å². The van der Waals surface area contributed by atoms with Crippen LogP contribution in [0.1, 0.15) is 22.5 Å². The SMILES string of the molecule is Cc1nn(C)c(C)c1CC(=O)Nc1ccnn1Cc1ccc(Cl)cc1. The lowest BCUT2D eigenvalue weighted by Crippen LogP contribution is -2.18. The number of aromatic nitrogens is 4. The van der Waals surface area contributed by atoms with Gasteiger partial charge in [0.2, 0.25) is 5.91 Å². The molecule has 1 aromatic carbocycles. The fourth-order valence-electron chi connectivity index (χ4n) is 2.75. The summed E-state index contributed by atoms with van der Waals surface area (Å²) in [5.74, 6) is 0.580. The first-order chi connectivity index (χ1) is 11.9. The summed E-state index contributed by atoms with van der Waals surface area (Å²) in [7, 11) is 1.88. The summed E-state index contributed by atoms with van der Waals surface area (Å²) >= 11 is 5.91. The lowest BCUT2D eigenvalue weighted by atomic mass is 10.1. The van der Waals surface area contributed by atoms with Crippen molar-refractivity contribution in [3.63, 3.8) is 0 Å². The molecule has 130 valence electrons. The molecule has 0 saturated heterocycles. The Bertz CT molecular complexity index is 895. The minimum Gasteiger partial charge on any atom is -0.311 e. The fraction of sp³-hybridized carbons (Fsp3) is 0.278. The van der Waals surface area contributed by atoms with Crippen molar-refractivity contribution in [1.29, 1.82) is 0 Å². The third-order valence-corrected chi connectivity index (χ3v) is 4.48. The monoisotopic (exact) mass is 357 g/mol. The first kappa shape index (κ1) is 17.2. The predicted molar refractivity (Wildman–Crippen MR) is 97.8 cm³/mol. The molecule has 25 heavy (non-hydrogen) atoms. The average molecular weight is 358 g/mol. The Morgan fingerprint density at radius 1 is 1.20 bits per heavy atom. The van der Waals surface area contributed by atoms with Crippen LogP contribution in [-0.2, 0) is 24.8 Å². The molecule has 0 aliphatic heterocycles. The third-order valence-electron chi connectivity index (χ3n) is 4.23. The second-order valence-corrected chi connectivity index (χ2v) is 6.43. The Hall–Kier alpha value is -2.60. The van der Waals surface area contributed by atoms with Crippen LogP contribution >= 0.6 is 11.6 Å². The highest BCUT2D eigenvalue weighted by Crippen LogP contribution is 2.16. The molecule has 3 rings (SSSR count). The summed E-state index contributed by atoms with van der Waals surface area (Å²) in [5, 5.41) is 12.3. The molecule has 0 unspecified atom stereocenters. The van der Waals surface area contributed by atoms with Gasteiger partial charge in [-0.25, -0.2) is 4.68 Å². The van der Waals surface area contributed by atoms with Gasteiger partial charge in [-0.15, -0.1) is 0 Å². The second-order valence-electron chi connectivity index (χ2n) is 6.00. The van der Waals surface area contributed by atoms with Crippen molar-refractivity contribution in [1.82, 2.24) is 19.6 Å². The van der Waals surface area contributed by atoms with E-state index in [1.807, 2.05) is 45.2 Å². The number of carbonyl (C=O) groups is 1. The van der Waals surface area contributed by atoms with Gasteiger partial charge in [0.05, 0.1) is 24.9 Å². The standard InChI is InChI=1S/C18H20ClN5O/c1-12-16(13(2)23(3)22-12)10-18(25)21-17-8-9-20-24(17)11-14-4-6-15(19)7-5-14/h4-9H,10-11H2,1-3H3,(H,21,25). The van der Waals surface area contributed by atoms with Gasteiger partial charge in [-0.1, -0.05) is 23.7 Å². The maximum atomic E-state index is 12.4. The number of carbonyl (C=O) groups excluding carboxylic acids is 1. The zero-order valence-corrected chi connectivity index (χ0v) is 15.2. The zero-order valence-electron chi connectivity index (χ0n) is 14.5. The molecule has 2 heterocycles. The van der Waals surface area contributed by atoms with Crippen LogP contribution in [-0.4, -0.2) is 25.5 Å². The normalized spacial score (nSPS) is 10.9. The highest BCUT2D eigenvalue weighted by Gasteiger charge is 2.15. The highest BCUT2D eigenvalue weighted by molar-refractivity contribution is 6.30. The van der Waals surface area contributed by atoms with Gasteiger partial charge in [-0.2, -0.15) is 10.2 Å². The van der Waals surface area contributed by atoms with Crippen LogP contribution in [0.3, 0.4) is 0 Å². The molecule has 2 aromatic heterocycles. The quantitative estimate of drug-likeness (QED) is 0.763. The summed E-state index contributed by atoms with van der Waals surface area (Å²) in [6.45, 7) is 4.44. The van der Waals surface area contributed by atoms with E-state index >= 15 is 0 Å². The third kappa shape index (κ3) is 3.91. The van der Waals surface area contributed by atoms with Gasteiger partial charge in [0.15, 0.2) is 0 Å². The number of benzene rings is 1. The van der Waals surface area contributed by atoms with Crippen LogP contribution in [0.25, 0.3) is 0 Å². The van der Waals surface area contributed by atoms with E-state index in [9.17, 15) is 4.79 Å². The molecule has 0 atom stereocenters. The van der Waals surface area contributed by atoms with E-state index < -0.39 is 0 Å². The summed E-state index contributed by atoms with van der Waals surface area (Å²) < 4.78 is 3.55. The molecule has 0 fully saturated rings. The summed E-state index contributed by atoms with van der Waals surface area (Å²) in [6, 6.07) is 9.35. The second kappa shape index (κ2) is 7.11. The molecule has 0 aliphatic carbocycles. The average Bonchev–Trinajstić information content (AvgIpc) is 3.09. The topological polar surface area (TPSA) is 64.7 Å². The van der Waals surface area contributed by atoms with Crippen molar-refractivity contribution in [2.24, 2.45) is 7.05 Å². The van der Waals surface area contributed by atoms with Gasteiger partial charge >= 0.3 is 0 Å². The molecular formula is C18H20ClN5O. The van der Waals surface area contributed by atoms with E-state index in [0.717, 1.165) is 22.5 Å². The van der Waals surface area contributed by atoms with E-state index in [1.54, 1.807) is 21.6 Å². The lowest BCUT2D eigenvalue weighted by Gasteiger charge is -2.09. The van der Waals surface area contributed by atoms with Crippen molar-refractivity contribution in [3.8, 4) is 0 Å². The van der Waals surface area contributed by atoms with E-state index in [2.05, 4.69) is 15.5 Å². The van der Waals surface area contributed by atoms with Crippen molar-refractivity contribution >= 4 is 23.3 Å². The van der Waals surface area contributed by atoms with Gasteiger partial charge in [0.1, 0.15) is 5.82 Å². The molecule has 0 saturated carbocycles. The molecule has 0 aliphatic rings. The van der Waals surface area contributed by atoms with E-state index in [-0.39, 0.29) is 12.3 Å².